The van der Waals surface area contributed by atoms with E-state index < -0.39 is 0 Å². The summed E-state index contributed by atoms with van der Waals surface area (Å²) in [5.74, 6) is 1.05. The Balaban J connectivity index is 2.33. The summed E-state index contributed by atoms with van der Waals surface area (Å²) in [6.45, 7) is 2.92. The number of hydrogen-bond donors (Lipinski definition) is 1. The lowest BCUT2D eigenvalue weighted by Crippen LogP contribution is -2.43. The highest BCUT2D eigenvalue weighted by molar-refractivity contribution is 6.00. The van der Waals surface area contributed by atoms with E-state index in [2.05, 4.69) is 6.92 Å². The summed E-state index contributed by atoms with van der Waals surface area (Å²) in [5, 5.41) is 0. The Hall–Kier alpha value is -1.91. The molecule has 5 heteroatoms. The Morgan fingerprint density at radius 1 is 1.29 bits per heavy atom. The first-order valence-electron chi connectivity index (χ1n) is 7.44. The predicted molar refractivity (Wildman–Crippen MR) is 82.9 cm³/mol. The van der Waals surface area contributed by atoms with Crippen LogP contribution in [0, 0.1) is 0 Å². The first kappa shape index (κ1) is 15.5. The van der Waals surface area contributed by atoms with Crippen molar-refractivity contribution in [3.05, 3.63) is 17.7 Å². The van der Waals surface area contributed by atoms with Crippen molar-refractivity contribution >= 4 is 11.6 Å². The molecule has 1 aromatic carbocycles. The van der Waals surface area contributed by atoms with Gasteiger partial charge in [-0.3, -0.25) is 4.79 Å². The lowest BCUT2D eigenvalue weighted by Gasteiger charge is -2.35. The zero-order valence-corrected chi connectivity index (χ0v) is 13.0. The Labute approximate surface area is 126 Å². The molecule has 1 aliphatic heterocycles. The molecule has 1 atom stereocenters. The van der Waals surface area contributed by atoms with Gasteiger partial charge in [0.2, 0.25) is 0 Å². The minimum atomic E-state index is -0.0139. The summed E-state index contributed by atoms with van der Waals surface area (Å²) < 4.78 is 10.5. The van der Waals surface area contributed by atoms with Crippen LogP contribution in [-0.4, -0.2) is 37.6 Å². The van der Waals surface area contributed by atoms with E-state index in [-0.39, 0.29) is 5.91 Å². The number of anilines is 1. The SMILES string of the molecule is CCC1CCCCN1C(=O)c1cc(OC)c(OC)cc1N. The second kappa shape index (κ2) is 6.70. The molecule has 5 nitrogen and oxygen atoms in total. The predicted octanol–water partition coefficient (Wildman–Crippen LogP) is 2.69. The van der Waals surface area contributed by atoms with Crippen LogP contribution in [0.25, 0.3) is 0 Å². The van der Waals surface area contributed by atoms with Gasteiger partial charge in [0.15, 0.2) is 11.5 Å². The van der Waals surface area contributed by atoms with Crippen LogP contribution in [-0.2, 0) is 0 Å². The van der Waals surface area contributed by atoms with E-state index in [9.17, 15) is 4.79 Å². The van der Waals surface area contributed by atoms with Crippen LogP contribution in [0.15, 0.2) is 12.1 Å². The molecule has 2 N–H and O–H groups in total. The maximum absolute atomic E-state index is 12.8. The summed E-state index contributed by atoms with van der Waals surface area (Å²) in [6, 6.07) is 3.63. The van der Waals surface area contributed by atoms with Crippen molar-refractivity contribution in [2.45, 2.75) is 38.6 Å². The Kier molecular flexibility index (Phi) is 4.94. The molecule has 1 fully saturated rings. The molecule has 116 valence electrons. The molecule has 2 rings (SSSR count). The van der Waals surface area contributed by atoms with Crippen molar-refractivity contribution in [2.75, 3.05) is 26.5 Å². The number of carbonyl (C=O) groups is 1. The molecule has 1 aromatic rings. The molecule has 0 spiro atoms. The smallest absolute Gasteiger partial charge is 0.256 e. The number of hydrogen-bond acceptors (Lipinski definition) is 4. The van der Waals surface area contributed by atoms with Crippen molar-refractivity contribution in [3.8, 4) is 11.5 Å². The molecule has 0 bridgehead atoms. The lowest BCUT2D eigenvalue weighted by atomic mass is 9.98. The number of nitrogen functional groups attached to an aromatic ring is 1. The second-order valence-electron chi connectivity index (χ2n) is 5.35. The van der Waals surface area contributed by atoms with Crippen LogP contribution in [0.1, 0.15) is 43.0 Å². The van der Waals surface area contributed by atoms with Gasteiger partial charge in [-0.1, -0.05) is 6.92 Å². The molecule has 0 aliphatic carbocycles. The van der Waals surface area contributed by atoms with Crippen LogP contribution in [0.5, 0.6) is 11.5 Å². The number of piperidine rings is 1. The number of amides is 1. The first-order valence-corrected chi connectivity index (χ1v) is 7.44. The number of nitrogens with zero attached hydrogens (tertiary/aromatic N) is 1. The van der Waals surface area contributed by atoms with Gasteiger partial charge in [0.25, 0.3) is 5.91 Å². The van der Waals surface area contributed by atoms with E-state index in [4.69, 9.17) is 15.2 Å². The van der Waals surface area contributed by atoms with Crippen molar-refractivity contribution < 1.29 is 14.3 Å². The first-order chi connectivity index (χ1) is 10.1. The molecule has 1 unspecified atom stereocenters. The van der Waals surface area contributed by atoms with Crippen molar-refractivity contribution in [3.63, 3.8) is 0 Å². The number of rotatable bonds is 4. The van der Waals surface area contributed by atoms with Gasteiger partial charge < -0.3 is 20.1 Å². The van der Waals surface area contributed by atoms with Gasteiger partial charge in [0.1, 0.15) is 0 Å². The number of nitrogens with two attached hydrogens (primary N) is 1. The maximum atomic E-state index is 12.8. The van der Waals surface area contributed by atoms with Crippen molar-refractivity contribution in [1.29, 1.82) is 0 Å². The van der Waals surface area contributed by atoms with Gasteiger partial charge in [0.05, 0.1) is 19.8 Å². The minimum absolute atomic E-state index is 0.0139. The van der Waals surface area contributed by atoms with E-state index in [0.717, 1.165) is 25.8 Å². The van der Waals surface area contributed by atoms with Gasteiger partial charge in [-0.2, -0.15) is 0 Å². The molecule has 1 saturated heterocycles. The van der Waals surface area contributed by atoms with E-state index in [1.807, 2.05) is 4.90 Å². The van der Waals surface area contributed by atoms with Crippen LogP contribution < -0.4 is 15.2 Å². The highest BCUT2D eigenvalue weighted by Gasteiger charge is 2.28. The Bertz CT molecular complexity index is 516. The molecule has 1 amide bonds. The Morgan fingerprint density at radius 3 is 2.57 bits per heavy atom. The third-order valence-corrected chi connectivity index (χ3v) is 4.15. The topological polar surface area (TPSA) is 64.8 Å². The standard InChI is InChI=1S/C16H24N2O3/c1-4-11-7-5-6-8-18(11)16(19)12-9-14(20-2)15(21-3)10-13(12)17/h9-11H,4-8,17H2,1-3H3. The highest BCUT2D eigenvalue weighted by atomic mass is 16.5. The average molecular weight is 292 g/mol. The molecule has 0 saturated carbocycles. The number of ether oxygens (including phenoxy) is 2. The van der Waals surface area contributed by atoms with E-state index in [1.165, 1.54) is 6.42 Å². The summed E-state index contributed by atoms with van der Waals surface area (Å²) >= 11 is 0. The summed E-state index contributed by atoms with van der Waals surface area (Å²) in [7, 11) is 3.11. The fraction of sp³-hybridized carbons (Fsp3) is 0.562. The molecule has 21 heavy (non-hydrogen) atoms. The maximum Gasteiger partial charge on any atom is 0.256 e. The highest BCUT2D eigenvalue weighted by Crippen LogP contribution is 2.33. The van der Waals surface area contributed by atoms with Crippen LogP contribution >= 0.6 is 0 Å². The van der Waals surface area contributed by atoms with Gasteiger partial charge in [0, 0.05) is 24.3 Å². The summed E-state index contributed by atoms with van der Waals surface area (Å²) in [5.41, 5.74) is 6.95. The third-order valence-electron chi connectivity index (χ3n) is 4.15. The lowest BCUT2D eigenvalue weighted by molar-refractivity contribution is 0.0608. The van der Waals surface area contributed by atoms with E-state index in [1.54, 1.807) is 26.4 Å². The zero-order chi connectivity index (χ0) is 15.4. The fourth-order valence-corrected chi connectivity index (χ4v) is 2.93. The van der Waals surface area contributed by atoms with Gasteiger partial charge in [-0.25, -0.2) is 0 Å². The monoisotopic (exact) mass is 292 g/mol. The zero-order valence-electron chi connectivity index (χ0n) is 13.0. The Morgan fingerprint density at radius 2 is 1.95 bits per heavy atom. The normalized spacial score (nSPS) is 18.4. The van der Waals surface area contributed by atoms with Crippen LogP contribution in [0.3, 0.4) is 0 Å². The number of likely N-dealkylation sites (tertiary alicyclic amines) is 1. The molecule has 1 aliphatic rings. The number of carbonyl (C=O) groups excluding carboxylic acids is 1. The quantitative estimate of drug-likeness (QED) is 0.867. The number of methoxy groups -OCH3 is 2. The van der Waals surface area contributed by atoms with Crippen LogP contribution in [0.2, 0.25) is 0 Å². The van der Waals surface area contributed by atoms with Gasteiger partial charge in [-0.15, -0.1) is 0 Å². The minimum Gasteiger partial charge on any atom is -0.493 e. The third kappa shape index (κ3) is 3.06. The largest absolute Gasteiger partial charge is 0.493 e. The van der Waals surface area contributed by atoms with Gasteiger partial charge in [-0.05, 0) is 31.7 Å². The average Bonchev–Trinajstić information content (AvgIpc) is 2.53. The van der Waals surface area contributed by atoms with Gasteiger partial charge >= 0.3 is 0 Å². The van der Waals surface area contributed by atoms with E-state index >= 15 is 0 Å². The molecular weight excluding hydrogens is 268 g/mol. The molecule has 0 radical (unpaired) electrons. The van der Waals surface area contributed by atoms with Crippen molar-refractivity contribution in [2.24, 2.45) is 0 Å². The van der Waals surface area contributed by atoms with Crippen LogP contribution in [0.4, 0.5) is 5.69 Å². The molecule has 0 aromatic heterocycles. The second-order valence-corrected chi connectivity index (χ2v) is 5.35. The summed E-state index contributed by atoms with van der Waals surface area (Å²) in [4.78, 5) is 14.8. The number of benzene rings is 1. The van der Waals surface area contributed by atoms with E-state index in [0.29, 0.717) is 28.8 Å². The molecule has 1 heterocycles. The summed E-state index contributed by atoms with van der Waals surface area (Å²) in [6.07, 6.45) is 4.27. The fourth-order valence-electron chi connectivity index (χ4n) is 2.93. The van der Waals surface area contributed by atoms with Crippen molar-refractivity contribution in [1.82, 2.24) is 4.90 Å². The molecular formula is C16H24N2O3.